The topological polar surface area (TPSA) is 49.4 Å². The third kappa shape index (κ3) is 2.37. The van der Waals surface area contributed by atoms with E-state index in [1.165, 1.54) is 0 Å². The van der Waals surface area contributed by atoms with E-state index in [2.05, 4.69) is 5.32 Å². The molecular weight excluding hydrogens is 192 g/mol. The Bertz CT molecular complexity index is 263. The Kier molecular flexibility index (Phi) is 3.85. The molecule has 1 fully saturated rings. The van der Waals surface area contributed by atoms with E-state index in [1.54, 1.807) is 18.9 Å². The van der Waals surface area contributed by atoms with E-state index >= 15 is 0 Å². The van der Waals surface area contributed by atoms with Crippen LogP contribution in [0.2, 0.25) is 0 Å². The fourth-order valence-corrected chi connectivity index (χ4v) is 2.29. The van der Waals surface area contributed by atoms with Crippen molar-refractivity contribution in [3.05, 3.63) is 0 Å². The maximum Gasteiger partial charge on any atom is 0.240 e. The highest BCUT2D eigenvalue weighted by Gasteiger charge is 2.37. The molecule has 0 saturated carbocycles. The average molecular weight is 212 g/mol. The zero-order valence-electron chi connectivity index (χ0n) is 9.91. The molecule has 1 aliphatic heterocycles. The van der Waals surface area contributed by atoms with Gasteiger partial charge in [0.2, 0.25) is 5.91 Å². The molecule has 0 aliphatic carbocycles. The second-order valence-electron chi connectivity index (χ2n) is 4.46. The minimum absolute atomic E-state index is 0.0615. The Morgan fingerprint density at radius 3 is 2.47 bits per heavy atom. The van der Waals surface area contributed by atoms with Crippen LogP contribution < -0.4 is 5.32 Å². The highest BCUT2D eigenvalue weighted by molar-refractivity contribution is 5.91. The van der Waals surface area contributed by atoms with Gasteiger partial charge in [-0.05, 0) is 26.3 Å². The second kappa shape index (κ2) is 4.75. The number of nitrogens with one attached hydrogen (secondary N) is 1. The lowest BCUT2D eigenvalue weighted by Gasteiger charge is -2.29. The van der Waals surface area contributed by atoms with Crippen molar-refractivity contribution in [2.24, 2.45) is 5.92 Å². The van der Waals surface area contributed by atoms with Crippen LogP contribution in [0.15, 0.2) is 0 Å². The van der Waals surface area contributed by atoms with Crippen molar-refractivity contribution >= 4 is 11.7 Å². The Morgan fingerprint density at radius 1 is 1.53 bits per heavy atom. The summed E-state index contributed by atoms with van der Waals surface area (Å²) >= 11 is 0. The summed E-state index contributed by atoms with van der Waals surface area (Å²) < 4.78 is 0. The molecule has 2 unspecified atom stereocenters. The largest absolute Gasteiger partial charge is 0.331 e. The van der Waals surface area contributed by atoms with Gasteiger partial charge in [0.15, 0.2) is 5.78 Å². The molecule has 86 valence electrons. The van der Waals surface area contributed by atoms with E-state index in [-0.39, 0.29) is 29.7 Å². The van der Waals surface area contributed by atoms with E-state index in [0.717, 1.165) is 6.42 Å². The summed E-state index contributed by atoms with van der Waals surface area (Å²) in [6.07, 6.45) is 0.797. The number of hydrogen-bond donors (Lipinski definition) is 1. The maximum absolute atomic E-state index is 11.9. The molecule has 0 aromatic heterocycles. The van der Waals surface area contributed by atoms with Crippen LogP contribution in [-0.4, -0.2) is 42.3 Å². The first-order valence-corrected chi connectivity index (χ1v) is 5.47. The van der Waals surface area contributed by atoms with E-state index < -0.39 is 0 Å². The number of ketones is 1. The molecule has 0 bridgehead atoms. The lowest BCUT2D eigenvalue weighted by atomic mass is 9.99. The molecule has 15 heavy (non-hydrogen) atoms. The van der Waals surface area contributed by atoms with Crippen LogP contribution in [0.5, 0.6) is 0 Å². The molecule has 2 atom stereocenters. The Balaban J connectivity index is 2.79. The zero-order chi connectivity index (χ0) is 11.6. The van der Waals surface area contributed by atoms with Gasteiger partial charge in [-0.25, -0.2) is 0 Å². The van der Waals surface area contributed by atoms with Gasteiger partial charge in [-0.1, -0.05) is 13.8 Å². The molecule has 1 rings (SSSR count). The average Bonchev–Trinajstić information content (AvgIpc) is 2.47. The SMILES string of the molecule is CNC1CCN(C(C(C)=O)C(C)C)C1=O. The third-order valence-corrected chi connectivity index (χ3v) is 2.97. The molecule has 0 spiro atoms. The lowest BCUT2D eigenvalue weighted by molar-refractivity contribution is -0.138. The molecule has 4 nitrogen and oxygen atoms in total. The quantitative estimate of drug-likeness (QED) is 0.734. The Hall–Kier alpha value is -0.900. The van der Waals surface area contributed by atoms with Crippen LogP contribution in [0.25, 0.3) is 0 Å². The van der Waals surface area contributed by atoms with Gasteiger partial charge in [0.05, 0.1) is 12.1 Å². The fraction of sp³-hybridized carbons (Fsp3) is 0.818. The van der Waals surface area contributed by atoms with Crippen molar-refractivity contribution in [1.29, 1.82) is 0 Å². The molecule has 4 heteroatoms. The Labute approximate surface area is 91.0 Å². The number of nitrogens with zero attached hydrogens (tertiary/aromatic N) is 1. The normalized spacial score (nSPS) is 23.7. The zero-order valence-corrected chi connectivity index (χ0v) is 9.91. The summed E-state index contributed by atoms with van der Waals surface area (Å²) in [5.41, 5.74) is 0. The van der Waals surface area contributed by atoms with Gasteiger partial charge in [0.1, 0.15) is 0 Å². The fourth-order valence-electron chi connectivity index (χ4n) is 2.29. The monoisotopic (exact) mass is 212 g/mol. The number of hydrogen-bond acceptors (Lipinski definition) is 3. The minimum atomic E-state index is -0.254. The molecule has 0 aromatic rings. The van der Waals surface area contributed by atoms with Crippen molar-refractivity contribution in [2.45, 2.75) is 39.3 Å². The minimum Gasteiger partial charge on any atom is -0.331 e. The van der Waals surface area contributed by atoms with Crippen molar-refractivity contribution < 1.29 is 9.59 Å². The Morgan fingerprint density at radius 2 is 2.13 bits per heavy atom. The summed E-state index contributed by atoms with van der Waals surface area (Å²) in [7, 11) is 1.78. The number of likely N-dealkylation sites (tertiary alicyclic amines) is 1. The number of amides is 1. The smallest absolute Gasteiger partial charge is 0.240 e. The molecule has 1 heterocycles. The molecule has 1 saturated heterocycles. The summed E-state index contributed by atoms with van der Waals surface area (Å²) in [6.45, 7) is 6.20. The number of carbonyl (C=O) groups is 2. The van der Waals surface area contributed by atoms with Crippen LogP contribution in [0.3, 0.4) is 0 Å². The van der Waals surface area contributed by atoms with Crippen molar-refractivity contribution in [3.63, 3.8) is 0 Å². The predicted octanol–water partition coefficient (Wildman–Crippen LogP) is 0.420. The van der Waals surface area contributed by atoms with Crippen molar-refractivity contribution in [3.8, 4) is 0 Å². The number of rotatable bonds is 4. The van der Waals surface area contributed by atoms with Gasteiger partial charge in [0.25, 0.3) is 0 Å². The number of likely N-dealkylation sites (N-methyl/N-ethyl adjacent to an activating group) is 1. The molecule has 1 aliphatic rings. The molecule has 1 amide bonds. The van der Waals surface area contributed by atoms with E-state index in [4.69, 9.17) is 0 Å². The van der Waals surface area contributed by atoms with Crippen LogP contribution in [0.1, 0.15) is 27.2 Å². The first-order chi connectivity index (χ1) is 6.99. The maximum atomic E-state index is 11.9. The standard InChI is InChI=1S/C11H20N2O2/c1-7(2)10(8(3)14)13-6-5-9(12-4)11(13)15/h7,9-10,12H,5-6H2,1-4H3. The van der Waals surface area contributed by atoms with Gasteiger partial charge in [-0.3, -0.25) is 9.59 Å². The first-order valence-electron chi connectivity index (χ1n) is 5.47. The van der Waals surface area contributed by atoms with Gasteiger partial charge in [-0.15, -0.1) is 0 Å². The molecule has 0 radical (unpaired) electrons. The summed E-state index contributed by atoms with van der Waals surface area (Å²) in [6, 6.07) is -0.360. The van der Waals surface area contributed by atoms with Gasteiger partial charge in [0, 0.05) is 6.54 Å². The van der Waals surface area contributed by atoms with E-state index in [9.17, 15) is 9.59 Å². The van der Waals surface area contributed by atoms with Crippen molar-refractivity contribution in [2.75, 3.05) is 13.6 Å². The molecule has 1 N–H and O–H groups in total. The summed E-state index contributed by atoms with van der Waals surface area (Å²) in [5, 5.41) is 2.97. The van der Waals surface area contributed by atoms with Crippen LogP contribution in [0.4, 0.5) is 0 Å². The van der Waals surface area contributed by atoms with Gasteiger partial charge in [-0.2, -0.15) is 0 Å². The van der Waals surface area contributed by atoms with E-state index in [0.29, 0.717) is 6.54 Å². The van der Waals surface area contributed by atoms with Crippen LogP contribution in [0, 0.1) is 5.92 Å². The molecular formula is C11H20N2O2. The van der Waals surface area contributed by atoms with Crippen LogP contribution >= 0.6 is 0 Å². The van der Waals surface area contributed by atoms with Crippen molar-refractivity contribution in [1.82, 2.24) is 10.2 Å². The first kappa shape index (κ1) is 12.2. The lowest BCUT2D eigenvalue weighted by Crippen LogP contribution is -2.47. The van der Waals surface area contributed by atoms with E-state index in [1.807, 2.05) is 13.8 Å². The van der Waals surface area contributed by atoms with Gasteiger partial charge < -0.3 is 10.2 Å². The number of carbonyl (C=O) groups excluding carboxylic acids is 2. The highest BCUT2D eigenvalue weighted by atomic mass is 16.2. The third-order valence-electron chi connectivity index (χ3n) is 2.97. The molecule has 0 aromatic carbocycles. The van der Waals surface area contributed by atoms with Gasteiger partial charge >= 0.3 is 0 Å². The van der Waals surface area contributed by atoms with Crippen LogP contribution in [-0.2, 0) is 9.59 Å². The predicted molar refractivity (Wildman–Crippen MR) is 58.5 cm³/mol. The number of Topliss-reactive ketones (excluding diaryl/α,β-unsaturated/α-hetero) is 1. The second-order valence-corrected chi connectivity index (χ2v) is 4.46. The highest BCUT2D eigenvalue weighted by Crippen LogP contribution is 2.20. The summed E-state index contributed by atoms with van der Waals surface area (Å²) in [4.78, 5) is 25.1. The summed E-state index contributed by atoms with van der Waals surface area (Å²) in [5.74, 6) is 0.323.